The number of aliphatic carboxylic acids is 3. The van der Waals surface area contributed by atoms with E-state index in [-0.39, 0.29) is 26.2 Å². The molecule has 0 saturated carbocycles. The van der Waals surface area contributed by atoms with Gasteiger partial charge in [-0.3, -0.25) is 0 Å². The fourth-order valence-corrected chi connectivity index (χ4v) is 1.03. The molecule has 0 spiro atoms. The molecule has 0 aliphatic carbocycles. The summed E-state index contributed by atoms with van der Waals surface area (Å²) in [6.45, 7) is -7.48. The van der Waals surface area contributed by atoms with Crippen molar-refractivity contribution in [3.8, 4) is 0 Å². The predicted molar refractivity (Wildman–Crippen MR) is 91.8 cm³/mol. The van der Waals surface area contributed by atoms with Crippen LogP contribution < -0.4 is 15.3 Å². The standard InChI is InChI=1S/3C5H10O5.Bi/c3*6-1-5(2-7,3-8)4(9)10;/h3*6-8H,1-3H2,(H,9,10);/q;;;+3/p-3. The van der Waals surface area contributed by atoms with Gasteiger partial charge in [0.15, 0.2) is 0 Å². The summed E-state index contributed by atoms with van der Waals surface area (Å²) in [6, 6.07) is 0. The van der Waals surface area contributed by atoms with Crippen LogP contribution in [0.4, 0.5) is 0 Å². The summed E-state index contributed by atoms with van der Waals surface area (Å²) in [7, 11) is 0. The van der Waals surface area contributed by atoms with E-state index in [9.17, 15) is 29.7 Å². The van der Waals surface area contributed by atoms with Crippen LogP contribution in [0.3, 0.4) is 0 Å². The first-order valence-corrected chi connectivity index (χ1v) is 8.00. The Morgan fingerprint density at radius 2 is 0.516 bits per heavy atom. The molecule has 2 radical (unpaired) electrons. The summed E-state index contributed by atoms with van der Waals surface area (Å²) >= 11 is 0. The molecule has 0 aromatic heterocycles. The normalized spacial score (nSPS) is 11.1. The monoisotopic (exact) mass is 656 g/mol. The van der Waals surface area contributed by atoms with Crippen LogP contribution in [0.25, 0.3) is 0 Å². The van der Waals surface area contributed by atoms with Crippen molar-refractivity contribution < 1.29 is 75.7 Å². The molecule has 16 heteroatoms. The largest absolute Gasteiger partial charge is 3.00 e. The van der Waals surface area contributed by atoms with Gasteiger partial charge in [0.05, 0.1) is 93.6 Å². The third-order valence-corrected chi connectivity index (χ3v) is 4.02. The second-order valence-corrected chi connectivity index (χ2v) is 6.13. The van der Waals surface area contributed by atoms with Gasteiger partial charge in [-0.1, -0.05) is 0 Å². The average molecular weight is 656 g/mol. The molecule has 0 bridgehead atoms. The van der Waals surface area contributed by atoms with E-state index >= 15 is 0 Å². The average Bonchev–Trinajstić information content (AvgIpc) is 2.73. The first-order chi connectivity index (χ1) is 13.9. The number of hydrogen-bond donors (Lipinski definition) is 9. The molecule has 0 aliphatic rings. The number of carboxylic acid groups (broad SMARTS) is 3. The number of hydrogen-bond acceptors (Lipinski definition) is 15. The van der Waals surface area contributed by atoms with Crippen molar-refractivity contribution in [3.63, 3.8) is 0 Å². The minimum absolute atomic E-state index is 0. The van der Waals surface area contributed by atoms with Gasteiger partial charge in [-0.05, 0) is 0 Å². The zero-order chi connectivity index (χ0) is 24.6. The van der Waals surface area contributed by atoms with Gasteiger partial charge in [-0.2, -0.15) is 0 Å². The van der Waals surface area contributed by atoms with Crippen LogP contribution in [-0.2, 0) is 14.4 Å². The number of rotatable bonds is 12. The van der Waals surface area contributed by atoms with Crippen molar-refractivity contribution in [1.82, 2.24) is 0 Å². The molecule has 0 atom stereocenters. The van der Waals surface area contributed by atoms with Crippen LogP contribution in [0, 0.1) is 16.2 Å². The summed E-state index contributed by atoms with van der Waals surface area (Å²) < 4.78 is 0. The first-order valence-electron chi connectivity index (χ1n) is 8.00. The Hall–Kier alpha value is -1.07. The maximum absolute atomic E-state index is 10.1. The number of aliphatic hydroxyl groups is 9. The van der Waals surface area contributed by atoms with Gasteiger partial charge in [0.25, 0.3) is 0 Å². The summed E-state index contributed by atoms with van der Waals surface area (Å²) in [4.78, 5) is 30.4. The second-order valence-electron chi connectivity index (χ2n) is 6.13. The number of carboxylic acids is 3. The van der Waals surface area contributed by atoms with E-state index in [0.29, 0.717) is 0 Å². The van der Waals surface area contributed by atoms with Gasteiger partial charge in [0, 0.05) is 0 Å². The van der Waals surface area contributed by atoms with Crippen LogP contribution >= 0.6 is 0 Å². The SMILES string of the molecule is O=C([O-])C(CO)(CO)CO.O=C([O-])C(CO)(CO)CO.O=C([O-])C(CO)(CO)CO.[Bi+3]. The molecular formula is C15H27BiO15. The molecule has 0 rings (SSSR count). The van der Waals surface area contributed by atoms with Gasteiger partial charge in [-0.15, -0.1) is 0 Å². The van der Waals surface area contributed by atoms with E-state index in [1.807, 2.05) is 0 Å². The zero-order valence-electron chi connectivity index (χ0n) is 16.3. The molecule has 15 nitrogen and oxygen atoms in total. The van der Waals surface area contributed by atoms with Crippen molar-refractivity contribution in [2.45, 2.75) is 0 Å². The Morgan fingerprint density at radius 1 is 0.419 bits per heavy atom. The predicted octanol–water partition coefficient (Wildman–Crippen LogP) is -10.3. The van der Waals surface area contributed by atoms with E-state index in [4.69, 9.17) is 46.0 Å². The molecule has 182 valence electrons. The van der Waals surface area contributed by atoms with Crippen molar-refractivity contribution in [2.24, 2.45) is 16.2 Å². The molecule has 0 saturated heterocycles. The number of carbonyl (C=O) groups is 3. The molecule has 0 aromatic rings. The quantitative estimate of drug-likeness (QED) is 0.0881. The maximum Gasteiger partial charge on any atom is 3.00 e. The Balaban J connectivity index is -0.000000174. The Morgan fingerprint density at radius 3 is 0.516 bits per heavy atom. The van der Waals surface area contributed by atoms with Gasteiger partial charge in [-0.25, -0.2) is 0 Å². The number of aliphatic hydroxyl groups excluding tert-OH is 9. The van der Waals surface area contributed by atoms with E-state index < -0.39 is 93.6 Å². The molecule has 0 fully saturated rings. The first kappa shape index (κ1) is 37.3. The molecule has 0 heterocycles. The fourth-order valence-electron chi connectivity index (χ4n) is 1.03. The minimum atomic E-state index is -1.90. The molecule has 0 unspecified atom stereocenters. The Bertz CT molecular complexity index is 405. The van der Waals surface area contributed by atoms with E-state index in [2.05, 4.69) is 0 Å². The van der Waals surface area contributed by atoms with Crippen molar-refractivity contribution in [1.29, 1.82) is 0 Å². The fraction of sp³-hybridized carbons (Fsp3) is 0.800. The molecular weight excluding hydrogens is 629 g/mol. The van der Waals surface area contributed by atoms with Crippen LogP contribution in [0.1, 0.15) is 0 Å². The van der Waals surface area contributed by atoms with Crippen LogP contribution in [-0.4, -0.2) is 150 Å². The maximum atomic E-state index is 10.1. The Kier molecular flexibility index (Phi) is 22.2. The third-order valence-electron chi connectivity index (χ3n) is 4.02. The minimum Gasteiger partial charge on any atom is -0.549 e. The van der Waals surface area contributed by atoms with Crippen molar-refractivity contribution in [2.75, 3.05) is 59.5 Å². The van der Waals surface area contributed by atoms with Gasteiger partial charge in [0.1, 0.15) is 0 Å². The van der Waals surface area contributed by atoms with Gasteiger partial charge < -0.3 is 75.7 Å². The van der Waals surface area contributed by atoms with E-state index in [0.717, 1.165) is 0 Å². The summed E-state index contributed by atoms with van der Waals surface area (Å²) in [5, 5.41) is 106. The third kappa shape index (κ3) is 10.9. The summed E-state index contributed by atoms with van der Waals surface area (Å²) in [6.07, 6.45) is 0. The molecule has 0 amide bonds. The van der Waals surface area contributed by atoms with Crippen molar-refractivity contribution in [3.05, 3.63) is 0 Å². The van der Waals surface area contributed by atoms with Crippen molar-refractivity contribution >= 4 is 44.1 Å². The Labute approximate surface area is 195 Å². The topological polar surface area (TPSA) is 302 Å². The molecule has 0 aliphatic heterocycles. The second kappa shape index (κ2) is 18.5. The van der Waals surface area contributed by atoms with Gasteiger partial charge >= 0.3 is 26.2 Å². The van der Waals surface area contributed by atoms with E-state index in [1.165, 1.54) is 0 Å². The van der Waals surface area contributed by atoms with E-state index in [1.54, 1.807) is 0 Å². The van der Waals surface area contributed by atoms with Crippen LogP contribution in [0.2, 0.25) is 0 Å². The summed E-state index contributed by atoms with van der Waals surface area (Å²) in [5.74, 6) is -4.96. The molecule has 0 aromatic carbocycles. The van der Waals surface area contributed by atoms with Crippen LogP contribution in [0.5, 0.6) is 0 Å². The number of carbonyl (C=O) groups excluding carboxylic acids is 3. The summed E-state index contributed by atoms with van der Waals surface area (Å²) in [5.41, 5.74) is -5.71. The molecule has 31 heavy (non-hydrogen) atoms. The molecule has 9 N–H and O–H groups in total. The smallest absolute Gasteiger partial charge is 0.549 e. The van der Waals surface area contributed by atoms with Crippen LogP contribution in [0.15, 0.2) is 0 Å². The van der Waals surface area contributed by atoms with Gasteiger partial charge in [0.2, 0.25) is 0 Å². The zero-order valence-corrected chi connectivity index (χ0v) is 19.8.